The maximum absolute atomic E-state index is 13.0. The third-order valence-electron chi connectivity index (χ3n) is 6.55. The first-order valence-corrected chi connectivity index (χ1v) is 11.2. The molecule has 1 N–H and O–H groups in total. The number of aromatic nitrogens is 1. The topological polar surface area (TPSA) is 58.4 Å². The molecule has 2 fully saturated rings. The van der Waals surface area contributed by atoms with Crippen LogP contribution in [0.3, 0.4) is 0 Å². The monoisotopic (exact) mass is 423 g/mol. The molecule has 1 saturated heterocycles. The number of piperidine rings is 1. The van der Waals surface area contributed by atoms with Crippen LogP contribution in [0, 0.1) is 5.92 Å². The molecule has 0 radical (unpaired) electrons. The molecular formula is C24H26ClN3O2. The van der Waals surface area contributed by atoms with Crippen molar-refractivity contribution in [2.24, 2.45) is 5.92 Å². The maximum Gasteiger partial charge on any atom is 0.298 e. The molecule has 30 heavy (non-hydrogen) atoms. The molecule has 0 bridgehead atoms. The van der Waals surface area contributed by atoms with Crippen molar-refractivity contribution in [3.63, 3.8) is 0 Å². The van der Waals surface area contributed by atoms with Crippen LogP contribution in [0.15, 0.2) is 52.9 Å². The van der Waals surface area contributed by atoms with Crippen molar-refractivity contribution in [3.05, 3.63) is 59.1 Å². The van der Waals surface area contributed by atoms with Crippen LogP contribution in [0.4, 0.5) is 6.01 Å². The summed E-state index contributed by atoms with van der Waals surface area (Å²) < 4.78 is 5.88. The summed E-state index contributed by atoms with van der Waals surface area (Å²) in [6.45, 7) is 1.54. The number of halogens is 1. The third-order valence-corrected chi connectivity index (χ3v) is 6.78. The van der Waals surface area contributed by atoms with Gasteiger partial charge >= 0.3 is 0 Å². The van der Waals surface area contributed by atoms with Crippen LogP contribution in [-0.2, 0) is 4.79 Å². The summed E-state index contributed by atoms with van der Waals surface area (Å²) in [7, 11) is 0. The summed E-state index contributed by atoms with van der Waals surface area (Å²) in [5.41, 5.74) is 2.85. The first kappa shape index (κ1) is 19.4. The van der Waals surface area contributed by atoms with Gasteiger partial charge in [-0.2, -0.15) is 4.98 Å². The summed E-state index contributed by atoms with van der Waals surface area (Å²) in [4.78, 5) is 19.7. The van der Waals surface area contributed by atoms with Gasteiger partial charge in [-0.25, -0.2) is 0 Å². The van der Waals surface area contributed by atoms with E-state index in [1.807, 2.05) is 18.2 Å². The number of carbonyl (C=O) groups excluding carboxylic acids is 1. The summed E-state index contributed by atoms with van der Waals surface area (Å²) in [5.74, 6) is 0.686. The average molecular weight is 424 g/mol. The number of hydrogen-bond donors (Lipinski definition) is 1. The van der Waals surface area contributed by atoms with E-state index in [1.54, 1.807) is 6.07 Å². The van der Waals surface area contributed by atoms with Crippen LogP contribution in [-0.4, -0.2) is 30.0 Å². The standard InChI is InChI=1S/C24H26ClN3O2/c25-18-9-10-22-21(15-18)27-24(30-22)28-13-11-17(12-14-28)23(29)26-20-8-4-7-19(20)16-5-2-1-3-6-16/h1-3,5-6,9-10,15,17,19-20H,4,7-8,11-14H2,(H,26,29)/t19-,20-/m0/s1. The third kappa shape index (κ3) is 3.91. The zero-order valence-corrected chi connectivity index (χ0v) is 17.6. The molecule has 2 atom stereocenters. The van der Waals surface area contributed by atoms with Gasteiger partial charge in [-0.1, -0.05) is 48.4 Å². The van der Waals surface area contributed by atoms with Crippen LogP contribution in [0.2, 0.25) is 5.02 Å². The van der Waals surface area contributed by atoms with Gasteiger partial charge < -0.3 is 14.6 Å². The lowest BCUT2D eigenvalue weighted by atomic mass is 9.92. The number of nitrogens with one attached hydrogen (secondary N) is 1. The van der Waals surface area contributed by atoms with Gasteiger partial charge in [-0.15, -0.1) is 0 Å². The van der Waals surface area contributed by atoms with Gasteiger partial charge in [-0.3, -0.25) is 4.79 Å². The Morgan fingerprint density at radius 1 is 1.07 bits per heavy atom. The number of fused-ring (bicyclic) bond motifs is 1. The highest BCUT2D eigenvalue weighted by atomic mass is 35.5. The number of oxazole rings is 1. The predicted octanol–water partition coefficient (Wildman–Crippen LogP) is 5.15. The number of rotatable bonds is 4. The highest BCUT2D eigenvalue weighted by Crippen LogP contribution is 2.35. The quantitative estimate of drug-likeness (QED) is 0.630. The van der Waals surface area contributed by atoms with E-state index >= 15 is 0 Å². The van der Waals surface area contributed by atoms with Gasteiger partial charge in [0, 0.05) is 36.0 Å². The molecule has 1 saturated carbocycles. The van der Waals surface area contributed by atoms with Gasteiger partial charge in [0.1, 0.15) is 5.52 Å². The smallest absolute Gasteiger partial charge is 0.298 e. The number of amides is 1. The minimum Gasteiger partial charge on any atom is -0.423 e. The average Bonchev–Trinajstić information content (AvgIpc) is 3.41. The lowest BCUT2D eigenvalue weighted by Crippen LogP contribution is -2.44. The Hall–Kier alpha value is -2.53. The molecule has 5 rings (SSSR count). The first-order chi connectivity index (χ1) is 14.7. The second-order valence-corrected chi connectivity index (χ2v) is 8.87. The fourth-order valence-electron chi connectivity index (χ4n) is 4.89. The number of benzene rings is 2. The fourth-order valence-corrected chi connectivity index (χ4v) is 5.06. The zero-order valence-electron chi connectivity index (χ0n) is 16.9. The van der Waals surface area contributed by atoms with E-state index in [4.69, 9.17) is 16.0 Å². The highest BCUT2D eigenvalue weighted by molar-refractivity contribution is 6.31. The molecule has 6 heteroatoms. The molecule has 1 aliphatic carbocycles. The molecular weight excluding hydrogens is 398 g/mol. The van der Waals surface area contributed by atoms with Gasteiger partial charge in [0.2, 0.25) is 5.91 Å². The Labute approximate surface area is 181 Å². The molecule has 2 aliphatic rings. The van der Waals surface area contributed by atoms with Crippen LogP contribution in [0.1, 0.15) is 43.6 Å². The Kier molecular flexibility index (Phi) is 5.38. The van der Waals surface area contributed by atoms with Crippen molar-refractivity contribution in [1.29, 1.82) is 0 Å². The van der Waals surface area contributed by atoms with E-state index < -0.39 is 0 Å². The summed E-state index contributed by atoms with van der Waals surface area (Å²) in [5, 5.41) is 4.02. The molecule has 1 amide bonds. The van der Waals surface area contributed by atoms with E-state index in [1.165, 1.54) is 12.0 Å². The van der Waals surface area contributed by atoms with Crippen molar-refractivity contribution >= 4 is 34.6 Å². The molecule has 156 valence electrons. The Bertz CT molecular complexity index is 1030. The number of anilines is 1. The molecule has 1 aromatic heterocycles. The van der Waals surface area contributed by atoms with Crippen molar-refractivity contribution in [1.82, 2.24) is 10.3 Å². The summed E-state index contributed by atoms with van der Waals surface area (Å²) in [6.07, 6.45) is 5.01. The van der Waals surface area contributed by atoms with E-state index in [9.17, 15) is 4.79 Å². The van der Waals surface area contributed by atoms with Gasteiger partial charge in [-0.05, 0) is 49.4 Å². The maximum atomic E-state index is 13.0. The minimum absolute atomic E-state index is 0.0529. The molecule has 2 aromatic carbocycles. The largest absolute Gasteiger partial charge is 0.423 e. The van der Waals surface area contributed by atoms with Crippen molar-refractivity contribution < 1.29 is 9.21 Å². The normalized spacial score (nSPS) is 22.5. The van der Waals surface area contributed by atoms with E-state index in [0.717, 1.165) is 49.9 Å². The second-order valence-electron chi connectivity index (χ2n) is 8.43. The van der Waals surface area contributed by atoms with Crippen LogP contribution in [0.5, 0.6) is 0 Å². The first-order valence-electron chi connectivity index (χ1n) is 10.8. The molecule has 5 nitrogen and oxygen atoms in total. The summed E-state index contributed by atoms with van der Waals surface area (Å²) in [6, 6.07) is 16.9. The van der Waals surface area contributed by atoms with Crippen molar-refractivity contribution in [3.8, 4) is 0 Å². The van der Waals surface area contributed by atoms with Gasteiger partial charge in [0.15, 0.2) is 5.58 Å². The van der Waals surface area contributed by atoms with Gasteiger partial charge in [0.05, 0.1) is 0 Å². The molecule has 0 spiro atoms. The Balaban J connectivity index is 1.19. The SMILES string of the molecule is O=C(N[C@H]1CCC[C@H]1c1ccccc1)C1CCN(c2nc3cc(Cl)ccc3o2)CC1. The lowest BCUT2D eigenvalue weighted by molar-refractivity contribution is -0.126. The molecule has 3 aromatic rings. The fraction of sp³-hybridized carbons (Fsp3) is 0.417. The number of carbonyl (C=O) groups is 1. The van der Waals surface area contributed by atoms with Crippen LogP contribution >= 0.6 is 11.6 Å². The van der Waals surface area contributed by atoms with Crippen LogP contribution in [0.25, 0.3) is 11.1 Å². The molecule has 2 heterocycles. The second kappa shape index (κ2) is 8.31. The minimum atomic E-state index is 0.0529. The number of hydrogen-bond acceptors (Lipinski definition) is 4. The summed E-state index contributed by atoms with van der Waals surface area (Å²) >= 11 is 6.05. The Morgan fingerprint density at radius 2 is 1.87 bits per heavy atom. The van der Waals surface area contributed by atoms with Crippen molar-refractivity contribution in [2.45, 2.75) is 44.1 Å². The van der Waals surface area contributed by atoms with E-state index in [2.05, 4.69) is 39.5 Å². The highest BCUT2D eigenvalue weighted by Gasteiger charge is 2.33. The zero-order chi connectivity index (χ0) is 20.5. The predicted molar refractivity (Wildman–Crippen MR) is 119 cm³/mol. The lowest BCUT2D eigenvalue weighted by Gasteiger charge is -2.31. The van der Waals surface area contributed by atoms with E-state index in [0.29, 0.717) is 17.0 Å². The van der Waals surface area contributed by atoms with Gasteiger partial charge in [0.25, 0.3) is 6.01 Å². The van der Waals surface area contributed by atoms with Crippen molar-refractivity contribution in [2.75, 3.05) is 18.0 Å². The Morgan fingerprint density at radius 3 is 2.67 bits per heavy atom. The van der Waals surface area contributed by atoms with Crippen LogP contribution < -0.4 is 10.2 Å². The number of nitrogens with zero attached hydrogens (tertiary/aromatic N) is 2. The molecule has 1 aliphatic heterocycles. The van der Waals surface area contributed by atoms with E-state index in [-0.39, 0.29) is 17.9 Å². The molecule has 0 unspecified atom stereocenters.